The van der Waals surface area contributed by atoms with Gasteiger partial charge in [-0.3, -0.25) is 4.79 Å². The molecule has 0 fully saturated rings. The summed E-state index contributed by atoms with van der Waals surface area (Å²) in [7, 11) is -3.02. The van der Waals surface area contributed by atoms with E-state index >= 15 is 0 Å². The fourth-order valence-electron chi connectivity index (χ4n) is 3.59. The lowest BCUT2D eigenvalue weighted by Crippen LogP contribution is -2.07. The maximum absolute atomic E-state index is 12.9. The largest absolute Gasteiger partial charge is 0.796 e. The zero-order chi connectivity index (χ0) is 24.6. The van der Waals surface area contributed by atoms with Crippen LogP contribution >= 0.6 is 22.6 Å². The first-order chi connectivity index (χ1) is 16.5. The minimum absolute atomic E-state index is 0.167. The maximum Gasteiger partial charge on any atom is 0.796 e. The fraction of sp³-hybridized carbons (Fsp3) is 0.444. The molecule has 0 saturated heterocycles. The summed E-state index contributed by atoms with van der Waals surface area (Å²) in [5.74, 6) is 0.105. The standard InChI is InChI=1S/C27H34BF2IO3/c1-2-3-4-5-6-7-8-9-10-11-20-33-25-18-14-23(15-19-25)27(34-28(29)30)21-26(32)22-12-16-24(31)17-13-22/h12-19,21H,2-11,20H2,1H3/b27-21-. The van der Waals surface area contributed by atoms with E-state index < -0.39 is 13.3 Å². The Morgan fingerprint density at radius 2 is 1.35 bits per heavy atom. The molecule has 0 amide bonds. The highest BCUT2D eigenvalue weighted by Gasteiger charge is 2.21. The number of ether oxygens (including phenoxy) is 1. The maximum atomic E-state index is 12.9. The van der Waals surface area contributed by atoms with Crippen molar-refractivity contribution in [2.24, 2.45) is 0 Å². The molecule has 2 rings (SSSR count). The van der Waals surface area contributed by atoms with Crippen molar-refractivity contribution in [1.29, 1.82) is 0 Å². The first kappa shape index (κ1) is 28.3. The van der Waals surface area contributed by atoms with Gasteiger partial charge in [-0.05, 0) is 65.4 Å². The fourth-order valence-corrected chi connectivity index (χ4v) is 3.95. The monoisotopic (exact) mass is 582 g/mol. The van der Waals surface area contributed by atoms with Crippen molar-refractivity contribution in [2.75, 3.05) is 6.61 Å². The SMILES string of the molecule is CCCCCCCCCCCCOc1ccc(/C(=C/C(=O)c2ccc(I)cc2)OB(F)F)cc1. The predicted octanol–water partition coefficient (Wildman–Crippen LogP) is 8.76. The molecule has 0 unspecified atom stereocenters. The van der Waals surface area contributed by atoms with Crippen LogP contribution in [0.25, 0.3) is 5.76 Å². The molecule has 0 bridgehead atoms. The van der Waals surface area contributed by atoms with E-state index in [1.54, 1.807) is 48.5 Å². The Labute approximate surface area is 216 Å². The van der Waals surface area contributed by atoms with Gasteiger partial charge < -0.3 is 9.39 Å². The Hall–Kier alpha value is -1.90. The third-order valence-corrected chi connectivity index (χ3v) is 6.23. The van der Waals surface area contributed by atoms with Gasteiger partial charge in [-0.15, -0.1) is 0 Å². The molecule has 0 atom stereocenters. The second-order valence-electron chi connectivity index (χ2n) is 8.31. The zero-order valence-corrected chi connectivity index (χ0v) is 22.1. The van der Waals surface area contributed by atoms with E-state index in [9.17, 15) is 13.4 Å². The Kier molecular flexibility index (Phi) is 13.9. The first-order valence-electron chi connectivity index (χ1n) is 12.2. The molecule has 184 valence electrons. The number of allylic oxidation sites excluding steroid dienone is 1. The van der Waals surface area contributed by atoms with Crippen LogP contribution in [0.1, 0.15) is 87.1 Å². The van der Waals surface area contributed by atoms with E-state index in [-0.39, 0.29) is 5.76 Å². The topological polar surface area (TPSA) is 35.5 Å². The van der Waals surface area contributed by atoms with Crippen LogP contribution in [0, 0.1) is 3.57 Å². The lowest BCUT2D eigenvalue weighted by Gasteiger charge is -2.11. The highest BCUT2D eigenvalue weighted by atomic mass is 127. The molecule has 0 radical (unpaired) electrons. The minimum atomic E-state index is -3.02. The molecule has 0 aliphatic carbocycles. The zero-order valence-electron chi connectivity index (χ0n) is 19.9. The third-order valence-electron chi connectivity index (χ3n) is 5.51. The summed E-state index contributed by atoms with van der Waals surface area (Å²) in [6, 6.07) is 13.6. The van der Waals surface area contributed by atoms with Crippen LogP contribution in [0.15, 0.2) is 54.6 Å². The molecule has 7 heteroatoms. The Morgan fingerprint density at radius 3 is 1.91 bits per heavy atom. The molecular formula is C27H34BF2IO3. The minimum Gasteiger partial charge on any atom is -0.505 e. The van der Waals surface area contributed by atoms with Crippen molar-refractivity contribution in [1.82, 2.24) is 0 Å². The lowest BCUT2D eigenvalue weighted by atomic mass is 10.1. The number of hydrogen-bond donors (Lipinski definition) is 0. The molecule has 2 aromatic rings. The number of rotatable bonds is 17. The average molecular weight is 582 g/mol. The highest BCUT2D eigenvalue weighted by Crippen LogP contribution is 2.23. The number of carbonyl (C=O) groups excluding carboxylic acids is 1. The van der Waals surface area contributed by atoms with Gasteiger partial charge in [0.15, 0.2) is 5.78 Å². The molecule has 2 aromatic carbocycles. The summed E-state index contributed by atoms with van der Waals surface area (Å²) in [6.45, 7) is 2.86. The van der Waals surface area contributed by atoms with Gasteiger partial charge in [-0.1, -0.05) is 76.8 Å². The van der Waals surface area contributed by atoms with Crippen molar-refractivity contribution >= 4 is 41.6 Å². The molecule has 0 heterocycles. The number of benzene rings is 2. The van der Waals surface area contributed by atoms with Gasteiger partial charge in [0.25, 0.3) is 0 Å². The number of ketones is 1. The van der Waals surface area contributed by atoms with Gasteiger partial charge in [0, 0.05) is 20.8 Å². The number of unbranched alkanes of at least 4 members (excludes halogenated alkanes) is 9. The van der Waals surface area contributed by atoms with E-state index in [0.717, 1.165) is 22.5 Å². The van der Waals surface area contributed by atoms with Crippen molar-refractivity contribution in [3.63, 3.8) is 0 Å². The van der Waals surface area contributed by atoms with Crippen molar-refractivity contribution in [2.45, 2.75) is 71.1 Å². The second kappa shape index (κ2) is 16.7. The Morgan fingerprint density at radius 1 is 0.824 bits per heavy atom. The number of hydrogen-bond acceptors (Lipinski definition) is 3. The molecule has 0 aliphatic rings. The van der Waals surface area contributed by atoms with Gasteiger partial charge in [-0.2, -0.15) is 0 Å². The van der Waals surface area contributed by atoms with Gasteiger partial charge in [-0.25, -0.2) is 8.63 Å². The highest BCUT2D eigenvalue weighted by molar-refractivity contribution is 14.1. The quantitative estimate of drug-likeness (QED) is 0.0468. The van der Waals surface area contributed by atoms with Crippen LogP contribution in [0.2, 0.25) is 0 Å². The third kappa shape index (κ3) is 11.5. The summed E-state index contributed by atoms with van der Waals surface area (Å²) in [5, 5.41) is 0. The molecule has 0 spiro atoms. The predicted molar refractivity (Wildman–Crippen MR) is 144 cm³/mol. The van der Waals surface area contributed by atoms with Gasteiger partial charge in [0.05, 0.1) is 6.61 Å². The summed E-state index contributed by atoms with van der Waals surface area (Å²) in [6.07, 6.45) is 13.7. The number of carbonyl (C=O) groups is 1. The van der Waals surface area contributed by atoms with Crippen molar-refractivity contribution < 1.29 is 22.8 Å². The molecule has 0 aromatic heterocycles. The summed E-state index contributed by atoms with van der Waals surface area (Å²) >= 11 is 2.14. The summed E-state index contributed by atoms with van der Waals surface area (Å²) < 4.78 is 37.3. The smallest absolute Gasteiger partial charge is 0.505 e. The van der Waals surface area contributed by atoms with Gasteiger partial charge in [0.2, 0.25) is 0 Å². The van der Waals surface area contributed by atoms with Crippen LogP contribution in [0.3, 0.4) is 0 Å². The van der Waals surface area contributed by atoms with Gasteiger partial charge >= 0.3 is 7.47 Å². The normalized spacial score (nSPS) is 11.4. The number of halogens is 3. The van der Waals surface area contributed by atoms with E-state index in [2.05, 4.69) is 34.2 Å². The first-order valence-corrected chi connectivity index (χ1v) is 13.3. The second-order valence-corrected chi connectivity index (χ2v) is 9.56. The molecule has 0 N–H and O–H groups in total. The van der Waals surface area contributed by atoms with Crippen LogP contribution in [0.4, 0.5) is 8.63 Å². The van der Waals surface area contributed by atoms with Crippen LogP contribution in [0.5, 0.6) is 5.75 Å². The molecular weight excluding hydrogens is 548 g/mol. The van der Waals surface area contributed by atoms with E-state index in [1.165, 1.54) is 51.4 Å². The molecule has 34 heavy (non-hydrogen) atoms. The van der Waals surface area contributed by atoms with E-state index in [1.807, 2.05) is 0 Å². The van der Waals surface area contributed by atoms with Crippen molar-refractivity contribution in [3.05, 3.63) is 69.3 Å². The van der Waals surface area contributed by atoms with Gasteiger partial charge in [0.1, 0.15) is 11.5 Å². The van der Waals surface area contributed by atoms with Crippen molar-refractivity contribution in [3.8, 4) is 5.75 Å². The van der Waals surface area contributed by atoms with Crippen LogP contribution < -0.4 is 4.74 Å². The molecule has 3 nitrogen and oxygen atoms in total. The molecule has 0 aliphatic heterocycles. The Balaban J connectivity index is 1.79. The van der Waals surface area contributed by atoms with E-state index in [0.29, 0.717) is 23.5 Å². The Bertz CT molecular complexity index is 870. The summed E-state index contributed by atoms with van der Waals surface area (Å²) in [4.78, 5) is 12.5. The lowest BCUT2D eigenvalue weighted by molar-refractivity contribution is 0.104. The van der Waals surface area contributed by atoms with Crippen LogP contribution in [-0.4, -0.2) is 19.9 Å². The van der Waals surface area contributed by atoms with E-state index in [4.69, 9.17) is 4.74 Å². The van der Waals surface area contributed by atoms with Crippen LogP contribution in [-0.2, 0) is 4.65 Å². The summed E-state index contributed by atoms with van der Waals surface area (Å²) in [5.41, 5.74) is 0.803. The molecule has 0 saturated carbocycles. The average Bonchev–Trinajstić information content (AvgIpc) is 2.82.